The first kappa shape index (κ1) is 14.4. The van der Waals surface area contributed by atoms with Gasteiger partial charge in [0.2, 0.25) is 0 Å². The van der Waals surface area contributed by atoms with E-state index in [9.17, 15) is 4.79 Å². The fourth-order valence-electron chi connectivity index (χ4n) is 1.62. The Labute approximate surface area is 107 Å². The van der Waals surface area contributed by atoms with Crippen LogP contribution in [-0.2, 0) is 0 Å². The van der Waals surface area contributed by atoms with Gasteiger partial charge < -0.3 is 15.3 Å². The third-order valence-corrected chi connectivity index (χ3v) is 2.59. The molecule has 0 amide bonds. The van der Waals surface area contributed by atoms with Crippen LogP contribution in [0.5, 0.6) is 0 Å². The Bertz CT molecular complexity index is 367. The van der Waals surface area contributed by atoms with Crippen LogP contribution in [0.1, 0.15) is 30.8 Å². The van der Waals surface area contributed by atoms with Gasteiger partial charge in [-0.3, -0.25) is 0 Å². The topological polar surface area (TPSA) is 78.4 Å². The van der Waals surface area contributed by atoms with Gasteiger partial charge >= 0.3 is 5.97 Å². The molecular weight excluding hydrogens is 232 g/mol. The minimum Gasteiger partial charge on any atom is -0.476 e. The molecule has 2 N–H and O–H groups in total. The average molecular weight is 252 g/mol. The lowest BCUT2D eigenvalue weighted by molar-refractivity contribution is 0.0690. The predicted molar refractivity (Wildman–Crippen MR) is 69.9 cm³/mol. The van der Waals surface area contributed by atoms with Crippen molar-refractivity contribution in [1.29, 1.82) is 0 Å². The molecule has 0 atom stereocenters. The Balaban J connectivity index is 2.37. The molecule has 0 radical (unpaired) electrons. The SMILES string of the molecule is CCCN(CC)CCNc1cnc(C(=O)O)cn1. The lowest BCUT2D eigenvalue weighted by Gasteiger charge is -2.19. The summed E-state index contributed by atoms with van der Waals surface area (Å²) >= 11 is 0. The standard InChI is InChI=1S/C12H20N4O2/c1-3-6-16(4-2)7-5-13-11-9-14-10(8-15-11)12(17)18/h8-9H,3-7H2,1-2H3,(H,13,15)(H,17,18). The van der Waals surface area contributed by atoms with Crippen LogP contribution in [0.25, 0.3) is 0 Å². The number of aromatic carboxylic acids is 1. The molecule has 0 fully saturated rings. The normalized spacial score (nSPS) is 10.6. The summed E-state index contributed by atoms with van der Waals surface area (Å²) in [5, 5.41) is 11.8. The summed E-state index contributed by atoms with van der Waals surface area (Å²) in [6, 6.07) is 0. The molecule has 0 saturated heterocycles. The number of carbonyl (C=O) groups is 1. The summed E-state index contributed by atoms with van der Waals surface area (Å²) in [6.45, 7) is 8.12. The molecule has 1 aromatic heterocycles. The number of anilines is 1. The number of hydrogen-bond donors (Lipinski definition) is 2. The molecule has 18 heavy (non-hydrogen) atoms. The predicted octanol–water partition coefficient (Wildman–Crippen LogP) is 1.32. The maximum Gasteiger partial charge on any atom is 0.356 e. The van der Waals surface area contributed by atoms with Crippen LogP contribution < -0.4 is 5.32 Å². The number of nitrogens with zero attached hydrogens (tertiary/aromatic N) is 3. The van der Waals surface area contributed by atoms with Crippen molar-refractivity contribution < 1.29 is 9.90 Å². The van der Waals surface area contributed by atoms with Crippen LogP contribution in [0, 0.1) is 0 Å². The summed E-state index contributed by atoms with van der Waals surface area (Å²) in [5.41, 5.74) is -0.0401. The molecule has 1 aromatic rings. The van der Waals surface area contributed by atoms with Gasteiger partial charge in [0.15, 0.2) is 5.69 Å². The third kappa shape index (κ3) is 4.67. The number of carboxylic acid groups (broad SMARTS) is 1. The first-order valence-electron chi connectivity index (χ1n) is 6.19. The van der Waals surface area contributed by atoms with Gasteiger partial charge in [0.05, 0.1) is 12.4 Å². The zero-order chi connectivity index (χ0) is 13.4. The first-order chi connectivity index (χ1) is 8.67. The molecule has 0 spiro atoms. The zero-order valence-electron chi connectivity index (χ0n) is 10.9. The van der Waals surface area contributed by atoms with Crippen molar-refractivity contribution in [1.82, 2.24) is 14.9 Å². The average Bonchev–Trinajstić information content (AvgIpc) is 2.38. The molecule has 0 saturated carbocycles. The van der Waals surface area contributed by atoms with Crippen LogP contribution >= 0.6 is 0 Å². The molecule has 0 aromatic carbocycles. The highest BCUT2D eigenvalue weighted by Crippen LogP contribution is 2.01. The van der Waals surface area contributed by atoms with Crippen LogP contribution in [-0.4, -0.2) is 52.1 Å². The van der Waals surface area contributed by atoms with E-state index in [1.807, 2.05) is 0 Å². The molecule has 1 heterocycles. The van der Waals surface area contributed by atoms with Crippen molar-refractivity contribution in [3.05, 3.63) is 18.1 Å². The number of rotatable bonds is 8. The Kier molecular flexibility index (Phi) is 6.07. The molecule has 100 valence electrons. The van der Waals surface area contributed by atoms with Crippen LogP contribution in [0.15, 0.2) is 12.4 Å². The number of likely N-dealkylation sites (N-methyl/N-ethyl adjacent to an activating group) is 1. The van der Waals surface area contributed by atoms with Gasteiger partial charge in [-0.25, -0.2) is 14.8 Å². The van der Waals surface area contributed by atoms with Gasteiger partial charge in [0.25, 0.3) is 0 Å². The van der Waals surface area contributed by atoms with Crippen molar-refractivity contribution in [3.63, 3.8) is 0 Å². The molecule has 0 aliphatic rings. The van der Waals surface area contributed by atoms with E-state index in [0.29, 0.717) is 5.82 Å². The highest BCUT2D eigenvalue weighted by molar-refractivity contribution is 5.84. The molecule has 1 rings (SSSR count). The third-order valence-electron chi connectivity index (χ3n) is 2.59. The maximum absolute atomic E-state index is 10.6. The zero-order valence-corrected chi connectivity index (χ0v) is 10.9. The van der Waals surface area contributed by atoms with Crippen molar-refractivity contribution in [3.8, 4) is 0 Å². The van der Waals surface area contributed by atoms with Crippen LogP contribution in [0.4, 0.5) is 5.82 Å². The molecule has 0 aliphatic carbocycles. The lowest BCUT2D eigenvalue weighted by Crippen LogP contribution is -2.29. The van der Waals surface area contributed by atoms with E-state index in [4.69, 9.17) is 5.11 Å². The summed E-state index contributed by atoms with van der Waals surface area (Å²) in [7, 11) is 0. The molecular formula is C12H20N4O2. The molecule has 0 unspecified atom stereocenters. The fourth-order valence-corrected chi connectivity index (χ4v) is 1.62. The van der Waals surface area contributed by atoms with Gasteiger partial charge in [-0.15, -0.1) is 0 Å². The first-order valence-corrected chi connectivity index (χ1v) is 6.19. The summed E-state index contributed by atoms with van der Waals surface area (Å²) < 4.78 is 0. The Hall–Kier alpha value is -1.69. The smallest absolute Gasteiger partial charge is 0.356 e. The van der Waals surface area contributed by atoms with E-state index >= 15 is 0 Å². The summed E-state index contributed by atoms with van der Waals surface area (Å²) in [4.78, 5) is 20.7. The minimum absolute atomic E-state index is 0.0401. The van der Waals surface area contributed by atoms with E-state index in [1.165, 1.54) is 12.4 Å². The highest BCUT2D eigenvalue weighted by Gasteiger charge is 2.05. The number of carboxylic acids is 1. The van der Waals surface area contributed by atoms with Crippen molar-refractivity contribution in [2.24, 2.45) is 0 Å². The molecule has 6 nitrogen and oxygen atoms in total. The second kappa shape index (κ2) is 7.60. The highest BCUT2D eigenvalue weighted by atomic mass is 16.4. The Morgan fingerprint density at radius 2 is 2.11 bits per heavy atom. The number of hydrogen-bond acceptors (Lipinski definition) is 5. The van der Waals surface area contributed by atoms with E-state index in [-0.39, 0.29) is 5.69 Å². The van der Waals surface area contributed by atoms with Crippen LogP contribution in [0.2, 0.25) is 0 Å². The minimum atomic E-state index is -1.06. The summed E-state index contributed by atoms with van der Waals surface area (Å²) in [5.74, 6) is -0.457. The number of nitrogens with one attached hydrogen (secondary N) is 1. The number of aromatic nitrogens is 2. The van der Waals surface area contributed by atoms with Gasteiger partial charge in [-0.05, 0) is 19.5 Å². The Morgan fingerprint density at radius 3 is 2.61 bits per heavy atom. The van der Waals surface area contributed by atoms with Gasteiger partial charge in [-0.2, -0.15) is 0 Å². The van der Waals surface area contributed by atoms with E-state index < -0.39 is 5.97 Å². The van der Waals surface area contributed by atoms with Gasteiger partial charge in [0.1, 0.15) is 5.82 Å². The van der Waals surface area contributed by atoms with Crippen LogP contribution in [0.3, 0.4) is 0 Å². The van der Waals surface area contributed by atoms with Crippen molar-refractivity contribution in [2.45, 2.75) is 20.3 Å². The fraction of sp³-hybridized carbons (Fsp3) is 0.583. The van der Waals surface area contributed by atoms with E-state index in [0.717, 1.165) is 32.6 Å². The maximum atomic E-state index is 10.6. The van der Waals surface area contributed by atoms with Gasteiger partial charge in [0, 0.05) is 13.1 Å². The second-order valence-electron chi connectivity index (χ2n) is 3.95. The van der Waals surface area contributed by atoms with E-state index in [1.54, 1.807) is 0 Å². The lowest BCUT2D eigenvalue weighted by atomic mass is 10.4. The van der Waals surface area contributed by atoms with Gasteiger partial charge in [-0.1, -0.05) is 13.8 Å². The quantitative estimate of drug-likeness (QED) is 0.726. The Morgan fingerprint density at radius 1 is 1.33 bits per heavy atom. The van der Waals surface area contributed by atoms with Crippen molar-refractivity contribution >= 4 is 11.8 Å². The largest absolute Gasteiger partial charge is 0.476 e. The monoisotopic (exact) mass is 252 g/mol. The molecule has 0 aliphatic heterocycles. The summed E-state index contributed by atoms with van der Waals surface area (Å²) in [6.07, 6.45) is 3.84. The van der Waals surface area contributed by atoms with Crippen molar-refractivity contribution in [2.75, 3.05) is 31.5 Å². The molecule has 0 bridgehead atoms. The molecule has 6 heteroatoms. The second-order valence-corrected chi connectivity index (χ2v) is 3.95. The van der Waals surface area contributed by atoms with E-state index in [2.05, 4.69) is 34.0 Å².